The Hall–Kier alpha value is -2.20. The molecule has 0 aliphatic carbocycles. The minimum absolute atomic E-state index is 0.224. The zero-order chi connectivity index (χ0) is 17.2. The van der Waals surface area contributed by atoms with Crippen LogP contribution in [0, 0.1) is 0 Å². The van der Waals surface area contributed by atoms with E-state index in [4.69, 9.17) is 0 Å². The predicted molar refractivity (Wildman–Crippen MR) is 94.9 cm³/mol. The van der Waals surface area contributed by atoms with Crippen LogP contribution in [0.4, 0.5) is 13.2 Å². The molecule has 0 atom stereocenters. The number of rotatable bonds is 3. The zero-order valence-electron chi connectivity index (χ0n) is 13.0. The zero-order valence-corrected chi connectivity index (χ0v) is 13.8. The standard InChI is InChI=1S/C20H15F3S/c1-14(24-16-10-3-2-4-11-16)19(20(21,22)23)18-13-7-9-15-8-5-6-12-17(15)18/h2-13H,1H3/b19-14+. The molecule has 3 rings (SSSR count). The van der Waals surface area contributed by atoms with Crippen molar-refractivity contribution in [2.24, 2.45) is 0 Å². The van der Waals surface area contributed by atoms with E-state index < -0.39 is 11.7 Å². The summed E-state index contributed by atoms with van der Waals surface area (Å²) >= 11 is 1.14. The van der Waals surface area contributed by atoms with Gasteiger partial charge in [-0.15, -0.1) is 0 Å². The molecule has 0 fully saturated rings. The maximum atomic E-state index is 13.8. The van der Waals surface area contributed by atoms with Gasteiger partial charge in [-0.25, -0.2) is 0 Å². The highest BCUT2D eigenvalue weighted by Gasteiger charge is 2.37. The van der Waals surface area contributed by atoms with Crippen molar-refractivity contribution in [2.45, 2.75) is 18.0 Å². The second kappa shape index (κ2) is 6.73. The van der Waals surface area contributed by atoms with Gasteiger partial charge in [0.25, 0.3) is 0 Å². The lowest BCUT2D eigenvalue weighted by Crippen LogP contribution is -2.12. The van der Waals surface area contributed by atoms with Crippen LogP contribution >= 0.6 is 11.8 Å². The molecule has 0 saturated heterocycles. The molecule has 3 aromatic rings. The van der Waals surface area contributed by atoms with Crippen LogP contribution in [-0.4, -0.2) is 6.18 Å². The number of fused-ring (bicyclic) bond motifs is 1. The quantitative estimate of drug-likeness (QED) is 0.464. The van der Waals surface area contributed by atoms with Crippen LogP contribution in [0.2, 0.25) is 0 Å². The molecule has 122 valence electrons. The second-order valence-electron chi connectivity index (χ2n) is 5.37. The fourth-order valence-corrected chi connectivity index (χ4v) is 3.68. The highest BCUT2D eigenvalue weighted by molar-refractivity contribution is 8.03. The number of halogens is 3. The van der Waals surface area contributed by atoms with E-state index in [1.807, 2.05) is 48.5 Å². The lowest BCUT2D eigenvalue weighted by molar-refractivity contribution is -0.0690. The monoisotopic (exact) mass is 344 g/mol. The van der Waals surface area contributed by atoms with Crippen molar-refractivity contribution in [1.29, 1.82) is 0 Å². The lowest BCUT2D eigenvalue weighted by atomic mass is 9.97. The van der Waals surface area contributed by atoms with Crippen molar-refractivity contribution in [3.8, 4) is 0 Å². The van der Waals surface area contributed by atoms with E-state index >= 15 is 0 Å². The van der Waals surface area contributed by atoms with Gasteiger partial charge in [0.2, 0.25) is 0 Å². The molecular weight excluding hydrogens is 329 g/mol. The molecule has 3 aromatic carbocycles. The van der Waals surface area contributed by atoms with Gasteiger partial charge in [-0.1, -0.05) is 72.4 Å². The molecule has 0 saturated carbocycles. The Morgan fingerprint density at radius 1 is 0.792 bits per heavy atom. The third-order valence-corrected chi connectivity index (χ3v) is 4.73. The minimum atomic E-state index is -4.42. The Morgan fingerprint density at radius 3 is 2.12 bits per heavy atom. The molecule has 0 nitrogen and oxygen atoms in total. The van der Waals surface area contributed by atoms with Gasteiger partial charge in [0.1, 0.15) is 0 Å². The first-order chi connectivity index (χ1) is 11.5. The van der Waals surface area contributed by atoms with Gasteiger partial charge >= 0.3 is 6.18 Å². The van der Waals surface area contributed by atoms with Gasteiger partial charge in [0, 0.05) is 4.90 Å². The number of thioether (sulfide) groups is 1. The molecule has 0 spiro atoms. The van der Waals surface area contributed by atoms with Crippen molar-refractivity contribution in [3.05, 3.63) is 83.3 Å². The molecule has 0 radical (unpaired) electrons. The van der Waals surface area contributed by atoms with Gasteiger partial charge in [-0.2, -0.15) is 13.2 Å². The number of hydrogen-bond acceptors (Lipinski definition) is 1. The normalized spacial score (nSPS) is 13.0. The summed E-state index contributed by atoms with van der Waals surface area (Å²) in [6.45, 7) is 1.53. The third-order valence-electron chi connectivity index (χ3n) is 3.71. The molecular formula is C20H15F3S. The number of allylic oxidation sites excluding steroid dienone is 2. The Labute approximate surface area is 143 Å². The smallest absolute Gasteiger partial charge is 0.166 e. The fourth-order valence-electron chi connectivity index (χ4n) is 2.70. The van der Waals surface area contributed by atoms with E-state index in [0.717, 1.165) is 22.0 Å². The Morgan fingerprint density at radius 2 is 1.42 bits per heavy atom. The van der Waals surface area contributed by atoms with Gasteiger partial charge in [-0.3, -0.25) is 0 Å². The highest BCUT2D eigenvalue weighted by atomic mass is 32.2. The molecule has 0 bridgehead atoms. The van der Waals surface area contributed by atoms with E-state index in [9.17, 15) is 13.2 Å². The number of alkyl halides is 3. The third kappa shape index (κ3) is 3.49. The molecule has 0 unspecified atom stereocenters. The number of hydrogen-bond donors (Lipinski definition) is 0. The SMILES string of the molecule is C/C(Sc1ccccc1)=C(/c1cccc2ccccc12)C(F)(F)F. The first kappa shape index (κ1) is 16.7. The van der Waals surface area contributed by atoms with E-state index in [-0.39, 0.29) is 10.5 Å². The first-order valence-electron chi connectivity index (χ1n) is 7.46. The summed E-state index contributed by atoms with van der Waals surface area (Å²) in [7, 11) is 0. The Bertz CT molecular complexity index is 875. The fraction of sp³-hybridized carbons (Fsp3) is 0.100. The summed E-state index contributed by atoms with van der Waals surface area (Å²) in [4.78, 5) is 1.03. The minimum Gasteiger partial charge on any atom is -0.166 e. The van der Waals surface area contributed by atoms with Crippen molar-refractivity contribution in [2.75, 3.05) is 0 Å². The van der Waals surface area contributed by atoms with Crippen LogP contribution in [-0.2, 0) is 0 Å². The molecule has 0 amide bonds. The van der Waals surface area contributed by atoms with Crippen molar-refractivity contribution >= 4 is 28.1 Å². The first-order valence-corrected chi connectivity index (χ1v) is 8.27. The summed E-state index contributed by atoms with van der Waals surface area (Å²) in [5, 5.41) is 1.41. The summed E-state index contributed by atoms with van der Waals surface area (Å²) in [5.74, 6) is 0. The van der Waals surface area contributed by atoms with E-state index in [2.05, 4.69) is 0 Å². The van der Waals surface area contributed by atoms with Crippen LogP contribution in [0.15, 0.2) is 82.6 Å². The summed E-state index contributed by atoms with van der Waals surface area (Å²) in [6.07, 6.45) is -4.42. The average molecular weight is 344 g/mol. The maximum Gasteiger partial charge on any atom is 0.417 e. The molecule has 0 aromatic heterocycles. The highest BCUT2D eigenvalue weighted by Crippen LogP contribution is 2.43. The molecule has 4 heteroatoms. The van der Waals surface area contributed by atoms with Crippen LogP contribution in [0.25, 0.3) is 16.3 Å². The molecule has 24 heavy (non-hydrogen) atoms. The van der Waals surface area contributed by atoms with Crippen LogP contribution in [0.3, 0.4) is 0 Å². The lowest BCUT2D eigenvalue weighted by Gasteiger charge is -2.17. The van der Waals surface area contributed by atoms with E-state index in [1.54, 1.807) is 24.3 Å². The van der Waals surface area contributed by atoms with Crippen LogP contribution in [0.1, 0.15) is 12.5 Å². The molecule has 0 aliphatic heterocycles. The molecule has 0 heterocycles. The van der Waals surface area contributed by atoms with Crippen LogP contribution in [0.5, 0.6) is 0 Å². The van der Waals surface area contributed by atoms with Gasteiger partial charge in [-0.05, 0) is 40.3 Å². The predicted octanol–water partition coefficient (Wildman–Crippen LogP) is 6.93. The van der Waals surface area contributed by atoms with Gasteiger partial charge < -0.3 is 0 Å². The molecule has 0 aliphatic rings. The van der Waals surface area contributed by atoms with Crippen molar-refractivity contribution in [1.82, 2.24) is 0 Å². The Balaban J connectivity index is 2.18. The summed E-state index contributed by atoms with van der Waals surface area (Å²) in [5.41, 5.74) is -0.352. The average Bonchev–Trinajstić information content (AvgIpc) is 2.55. The number of benzene rings is 3. The summed E-state index contributed by atoms with van der Waals surface area (Å²) in [6, 6.07) is 21.3. The largest absolute Gasteiger partial charge is 0.417 e. The Kier molecular flexibility index (Phi) is 4.67. The van der Waals surface area contributed by atoms with Crippen LogP contribution < -0.4 is 0 Å². The topological polar surface area (TPSA) is 0 Å². The summed E-state index contributed by atoms with van der Waals surface area (Å²) < 4.78 is 41.4. The molecule has 0 N–H and O–H groups in total. The van der Waals surface area contributed by atoms with Gasteiger partial charge in [0.15, 0.2) is 0 Å². The van der Waals surface area contributed by atoms with E-state index in [0.29, 0.717) is 5.39 Å². The second-order valence-corrected chi connectivity index (χ2v) is 6.66. The van der Waals surface area contributed by atoms with Gasteiger partial charge in [0.05, 0.1) is 5.57 Å². The van der Waals surface area contributed by atoms with E-state index in [1.165, 1.54) is 6.92 Å². The van der Waals surface area contributed by atoms with Crippen molar-refractivity contribution < 1.29 is 13.2 Å². The maximum absolute atomic E-state index is 13.8. The van der Waals surface area contributed by atoms with Crippen molar-refractivity contribution in [3.63, 3.8) is 0 Å².